The molecule has 90 valence electrons. The van der Waals surface area contributed by atoms with Crippen molar-refractivity contribution in [1.29, 1.82) is 0 Å². The smallest absolute Gasteiger partial charge is 0.00217 e. The number of nitrogens with one attached hydrogen (secondary N) is 1. The van der Waals surface area contributed by atoms with Gasteiger partial charge in [0.25, 0.3) is 0 Å². The van der Waals surface area contributed by atoms with E-state index in [9.17, 15) is 0 Å². The molecule has 0 spiro atoms. The number of hydrogen-bond donors (Lipinski definition) is 1. The first-order valence-electron chi connectivity index (χ1n) is 6.79. The molecule has 1 rings (SSSR count). The summed E-state index contributed by atoms with van der Waals surface area (Å²) in [5.41, 5.74) is 0. The van der Waals surface area contributed by atoms with Crippen molar-refractivity contribution in [3.63, 3.8) is 0 Å². The van der Waals surface area contributed by atoms with Crippen molar-refractivity contribution < 1.29 is 0 Å². The van der Waals surface area contributed by atoms with E-state index in [4.69, 9.17) is 0 Å². The molecule has 0 aromatic rings. The Morgan fingerprint density at radius 1 is 1.27 bits per heavy atom. The van der Waals surface area contributed by atoms with Gasteiger partial charge in [-0.1, -0.05) is 26.7 Å². The second kappa shape index (κ2) is 8.12. The standard InChI is InChI=1S/C13H28N2/c1-3-5-6-10-15(4-2)12-13-8-7-9-14-11-13/h13-14H,3-12H2,1-2H3. The first kappa shape index (κ1) is 13.0. The average molecular weight is 212 g/mol. The summed E-state index contributed by atoms with van der Waals surface area (Å²) >= 11 is 0. The Morgan fingerprint density at radius 3 is 2.73 bits per heavy atom. The van der Waals surface area contributed by atoms with Crippen LogP contribution >= 0.6 is 0 Å². The van der Waals surface area contributed by atoms with Crippen LogP contribution in [0.2, 0.25) is 0 Å². The lowest BCUT2D eigenvalue weighted by Crippen LogP contribution is -2.38. The predicted octanol–water partition coefficient (Wildman–Crippen LogP) is 2.50. The van der Waals surface area contributed by atoms with Crippen LogP contribution < -0.4 is 5.32 Å². The number of hydrogen-bond acceptors (Lipinski definition) is 2. The highest BCUT2D eigenvalue weighted by atomic mass is 15.1. The Labute approximate surface area is 95.4 Å². The highest BCUT2D eigenvalue weighted by Crippen LogP contribution is 2.12. The number of piperidine rings is 1. The molecule has 1 fully saturated rings. The zero-order chi connectivity index (χ0) is 10.9. The fourth-order valence-electron chi connectivity index (χ4n) is 2.41. The first-order valence-corrected chi connectivity index (χ1v) is 6.79. The fourth-order valence-corrected chi connectivity index (χ4v) is 2.41. The molecule has 2 heteroatoms. The van der Waals surface area contributed by atoms with E-state index in [1.54, 1.807) is 0 Å². The van der Waals surface area contributed by atoms with Crippen LogP contribution in [-0.4, -0.2) is 37.6 Å². The summed E-state index contributed by atoms with van der Waals surface area (Å²) in [5.74, 6) is 0.903. The first-order chi connectivity index (χ1) is 7.36. The van der Waals surface area contributed by atoms with Gasteiger partial charge in [0.15, 0.2) is 0 Å². The molecule has 1 heterocycles. The summed E-state index contributed by atoms with van der Waals surface area (Å²) in [6, 6.07) is 0. The number of unbranched alkanes of at least 4 members (excludes halogenated alkanes) is 2. The summed E-state index contributed by atoms with van der Waals surface area (Å²) in [6.45, 7) is 10.9. The highest BCUT2D eigenvalue weighted by molar-refractivity contribution is 4.72. The molecule has 0 bridgehead atoms. The zero-order valence-electron chi connectivity index (χ0n) is 10.6. The van der Waals surface area contributed by atoms with E-state index >= 15 is 0 Å². The van der Waals surface area contributed by atoms with Gasteiger partial charge in [-0.15, -0.1) is 0 Å². The van der Waals surface area contributed by atoms with E-state index in [0.29, 0.717) is 0 Å². The van der Waals surface area contributed by atoms with Crippen molar-refractivity contribution in [3.05, 3.63) is 0 Å². The van der Waals surface area contributed by atoms with Crippen molar-refractivity contribution in [2.45, 2.75) is 46.0 Å². The number of rotatable bonds is 7. The highest BCUT2D eigenvalue weighted by Gasteiger charge is 2.15. The quantitative estimate of drug-likeness (QED) is 0.652. The maximum Gasteiger partial charge on any atom is 0.00217 e. The van der Waals surface area contributed by atoms with Gasteiger partial charge in [-0.2, -0.15) is 0 Å². The second-order valence-electron chi connectivity index (χ2n) is 4.81. The summed E-state index contributed by atoms with van der Waals surface area (Å²) in [7, 11) is 0. The van der Waals surface area contributed by atoms with E-state index in [1.165, 1.54) is 64.8 Å². The maximum atomic E-state index is 3.50. The Bertz CT molecular complexity index is 141. The zero-order valence-corrected chi connectivity index (χ0v) is 10.6. The van der Waals surface area contributed by atoms with Gasteiger partial charge in [-0.05, 0) is 51.4 Å². The third kappa shape index (κ3) is 5.53. The van der Waals surface area contributed by atoms with E-state index in [-0.39, 0.29) is 0 Å². The summed E-state index contributed by atoms with van der Waals surface area (Å²) < 4.78 is 0. The molecule has 0 amide bonds. The van der Waals surface area contributed by atoms with Gasteiger partial charge in [0.2, 0.25) is 0 Å². The van der Waals surface area contributed by atoms with Gasteiger partial charge < -0.3 is 10.2 Å². The molecule has 1 N–H and O–H groups in total. The molecule has 0 saturated carbocycles. The Kier molecular flexibility index (Phi) is 7.03. The van der Waals surface area contributed by atoms with Crippen LogP contribution in [0.5, 0.6) is 0 Å². The van der Waals surface area contributed by atoms with Gasteiger partial charge in [-0.3, -0.25) is 0 Å². The van der Waals surface area contributed by atoms with Gasteiger partial charge in [0.05, 0.1) is 0 Å². The van der Waals surface area contributed by atoms with Crippen molar-refractivity contribution in [1.82, 2.24) is 10.2 Å². The molecule has 1 atom stereocenters. The molecule has 0 aromatic heterocycles. The minimum absolute atomic E-state index is 0.903. The van der Waals surface area contributed by atoms with Crippen molar-refractivity contribution in [3.8, 4) is 0 Å². The molecular weight excluding hydrogens is 184 g/mol. The van der Waals surface area contributed by atoms with Gasteiger partial charge in [0.1, 0.15) is 0 Å². The van der Waals surface area contributed by atoms with Crippen LogP contribution in [0.15, 0.2) is 0 Å². The van der Waals surface area contributed by atoms with Crippen LogP contribution in [0.25, 0.3) is 0 Å². The molecule has 0 aromatic carbocycles. The molecule has 0 radical (unpaired) electrons. The third-order valence-corrected chi connectivity index (χ3v) is 3.44. The van der Waals surface area contributed by atoms with Crippen LogP contribution in [0.1, 0.15) is 46.0 Å². The molecule has 1 aliphatic rings. The third-order valence-electron chi connectivity index (χ3n) is 3.44. The molecule has 0 aliphatic carbocycles. The molecule has 1 saturated heterocycles. The average Bonchev–Trinajstić information content (AvgIpc) is 2.29. The molecule has 15 heavy (non-hydrogen) atoms. The van der Waals surface area contributed by atoms with Crippen molar-refractivity contribution in [2.24, 2.45) is 5.92 Å². The van der Waals surface area contributed by atoms with E-state index < -0.39 is 0 Å². The topological polar surface area (TPSA) is 15.3 Å². The van der Waals surface area contributed by atoms with Gasteiger partial charge in [0, 0.05) is 6.54 Å². The Morgan fingerprint density at radius 2 is 2.13 bits per heavy atom. The summed E-state index contributed by atoms with van der Waals surface area (Å²) in [4.78, 5) is 2.63. The lowest BCUT2D eigenvalue weighted by molar-refractivity contribution is 0.213. The Balaban J connectivity index is 2.13. The monoisotopic (exact) mass is 212 g/mol. The lowest BCUT2D eigenvalue weighted by atomic mass is 9.99. The van der Waals surface area contributed by atoms with Gasteiger partial charge >= 0.3 is 0 Å². The molecule has 1 unspecified atom stereocenters. The van der Waals surface area contributed by atoms with E-state index in [2.05, 4.69) is 24.1 Å². The predicted molar refractivity (Wildman–Crippen MR) is 67.2 cm³/mol. The SMILES string of the molecule is CCCCCN(CC)CC1CCCNC1. The summed E-state index contributed by atoms with van der Waals surface area (Å²) in [6.07, 6.45) is 6.90. The van der Waals surface area contributed by atoms with Crippen molar-refractivity contribution >= 4 is 0 Å². The molecule has 1 aliphatic heterocycles. The minimum Gasteiger partial charge on any atom is -0.316 e. The van der Waals surface area contributed by atoms with Crippen LogP contribution in [-0.2, 0) is 0 Å². The van der Waals surface area contributed by atoms with E-state index in [0.717, 1.165) is 5.92 Å². The normalized spacial score (nSPS) is 22.2. The van der Waals surface area contributed by atoms with Gasteiger partial charge in [-0.25, -0.2) is 0 Å². The van der Waals surface area contributed by atoms with Crippen LogP contribution in [0.4, 0.5) is 0 Å². The lowest BCUT2D eigenvalue weighted by Gasteiger charge is -2.29. The van der Waals surface area contributed by atoms with E-state index in [1.807, 2.05) is 0 Å². The van der Waals surface area contributed by atoms with Crippen LogP contribution in [0.3, 0.4) is 0 Å². The Hall–Kier alpha value is -0.0800. The maximum absolute atomic E-state index is 3.50. The molecule has 2 nitrogen and oxygen atoms in total. The largest absolute Gasteiger partial charge is 0.316 e. The minimum atomic E-state index is 0.903. The summed E-state index contributed by atoms with van der Waals surface area (Å²) in [5, 5.41) is 3.50. The van der Waals surface area contributed by atoms with Crippen LogP contribution in [0, 0.1) is 5.92 Å². The number of nitrogens with zero attached hydrogens (tertiary/aromatic N) is 1. The fraction of sp³-hybridized carbons (Fsp3) is 1.00. The second-order valence-corrected chi connectivity index (χ2v) is 4.81. The van der Waals surface area contributed by atoms with Crippen molar-refractivity contribution in [2.75, 3.05) is 32.7 Å². The molecular formula is C13H28N2.